The Bertz CT molecular complexity index is 754. The van der Waals surface area contributed by atoms with E-state index < -0.39 is 0 Å². The van der Waals surface area contributed by atoms with Gasteiger partial charge in [-0.15, -0.1) is 0 Å². The molecular formula is C14H16N6O. The van der Waals surface area contributed by atoms with Gasteiger partial charge in [0.1, 0.15) is 5.82 Å². The molecule has 0 bridgehead atoms. The number of hydrogen-bond donors (Lipinski definition) is 2. The van der Waals surface area contributed by atoms with Crippen LogP contribution in [0, 0.1) is 6.92 Å². The number of aryl methyl sites for hydroxylation is 1. The molecule has 7 nitrogen and oxygen atoms in total. The number of para-hydroxylation sites is 1. The summed E-state index contributed by atoms with van der Waals surface area (Å²) in [6.07, 6.45) is 0. The van der Waals surface area contributed by atoms with E-state index in [1.165, 1.54) is 0 Å². The van der Waals surface area contributed by atoms with Crippen molar-refractivity contribution in [3.63, 3.8) is 0 Å². The van der Waals surface area contributed by atoms with Gasteiger partial charge in [0.05, 0.1) is 12.1 Å². The molecule has 0 radical (unpaired) electrons. The van der Waals surface area contributed by atoms with Crippen molar-refractivity contribution in [3.8, 4) is 0 Å². The van der Waals surface area contributed by atoms with Gasteiger partial charge in [0, 0.05) is 18.9 Å². The van der Waals surface area contributed by atoms with Crippen LogP contribution in [-0.4, -0.2) is 26.7 Å². The lowest BCUT2D eigenvalue weighted by atomic mass is 10.2. The average Bonchev–Trinajstić information content (AvgIpc) is 2.91. The van der Waals surface area contributed by atoms with Gasteiger partial charge in [-0.2, -0.15) is 9.97 Å². The topological polar surface area (TPSA) is 88.8 Å². The standard InChI is InChI=1S/C14H16N6O/c1-3-15-14-18-11-7-5-4-6-10(11)13(19-14)16-8-12-17-9(2)21-20-12/h4-7H,3,8H2,1-2H3,(H2,15,16,18,19). The third kappa shape index (κ3) is 2.91. The molecule has 0 saturated carbocycles. The maximum atomic E-state index is 4.96. The summed E-state index contributed by atoms with van der Waals surface area (Å²) in [5.41, 5.74) is 0.884. The summed E-state index contributed by atoms with van der Waals surface area (Å²) in [6.45, 7) is 4.99. The Kier molecular flexibility index (Phi) is 3.63. The zero-order valence-electron chi connectivity index (χ0n) is 11.9. The minimum Gasteiger partial charge on any atom is -0.362 e. The summed E-state index contributed by atoms with van der Waals surface area (Å²) in [4.78, 5) is 13.1. The Morgan fingerprint density at radius 2 is 1.95 bits per heavy atom. The molecule has 1 aromatic carbocycles. The number of fused-ring (bicyclic) bond motifs is 1. The second-order valence-corrected chi connectivity index (χ2v) is 4.53. The van der Waals surface area contributed by atoms with E-state index in [1.54, 1.807) is 6.92 Å². The Labute approximate surface area is 121 Å². The molecule has 0 aliphatic carbocycles. The molecule has 0 fully saturated rings. The van der Waals surface area contributed by atoms with Crippen LogP contribution in [0.15, 0.2) is 28.8 Å². The molecule has 2 heterocycles. The van der Waals surface area contributed by atoms with Crippen LogP contribution in [0.5, 0.6) is 0 Å². The van der Waals surface area contributed by atoms with Crippen molar-refractivity contribution in [1.82, 2.24) is 20.1 Å². The maximum Gasteiger partial charge on any atom is 0.225 e. The predicted octanol–water partition coefficient (Wildman–Crippen LogP) is 2.37. The molecule has 3 aromatic rings. The van der Waals surface area contributed by atoms with Gasteiger partial charge in [-0.05, 0) is 19.1 Å². The van der Waals surface area contributed by atoms with Crippen LogP contribution >= 0.6 is 0 Å². The normalized spacial score (nSPS) is 10.8. The first kappa shape index (κ1) is 13.3. The van der Waals surface area contributed by atoms with Gasteiger partial charge in [-0.25, -0.2) is 4.98 Å². The number of aromatic nitrogens is 4. The van der Waals surface area contributed by atoms with E-state index in [9.17, 15) is 0 Å². The second-order valence-electron chi connectivity index (χ2n) is 4.53. The Morgan fingerprint density at radius 1 is 1.10 bits per heavy atom. The van der Waals surface area contributed by atoms with Crippen LogP contribution in [-0.2, 0) is 6.54 Å². The molecule has 0 saturated heterocycles. The number of rotatable bonds is 5. The lowest BCUT2D eigenvalue weighted by molar-refractivity contribution is 0.388. The molecule has 7 heteroatoms. The van der Waals surface area contributed by atoms with Gasteiger partial charge >= 0.3 is 0 Å². The molecular weight excluding hydrogens is 268 g/mol. The summed E-state index contributed by atoms with van der Waals surface area (Å²) in [5.74, 6) is 2.50. The van der Waals surface area contributed by atoms with Crippen molar-refractivity contribution in [3.05, 3.63) is 36.0 Å². The van der Waals surface area contributed by atoms with Crippen LogP contribution < -0.4 is 10.6 Å². The first-order valence-corrected chi connectivity index (χ1v) is 6.80. The SMILES string of the molecule is CCNc1nc(NCc2noc(C)n2)c2ccccc2n1. The molecule has 108 valence electrons. The van der Waals surface area contributed by atoms with Crippen molar-refractivity contribution in [1.29, 1.82) is 0 Å². The summed E-state index contributed by atoms with van der Waals surface area (Å²) < 4.78 is 4.96. The Balaban J connectivity index is 1.91. The van der Waals surface area contributed by atoms with E-state index in [0.717, 1.165) is 23.3 Å². The van der Waals surface area contributed by atoms with Crippen molar-refractivity contribution in [2.24, 2.45) is 0 Å². The number of benzene rings is 1. The van der Waals surface area contributed by atoms with Crippen LogP contribution in [0.4, 0.5) is 11.8 Å². The Hall–Kier alpha value is -2.70. The smallest absolute Gasteiger partial charge is 0.225 e. The van der Waals surface area contributed by atoms with Gasteiger partial charge in [0.15, 0.2) is 5.82 Å². The molecule has 3 rings (SSSR count). The first-order valence-electron chi connectivity index (χ1n) is 6.80. The third-order valence-corrected chi connectivity index (χ3v) is 2.92. The van der Waals surface area contributed by atoms with E-state index in [1.807, 2.05) is 31.2 Å². The van der Waals surface area contributed by atoms with Crippen LogP contribution in [0.2, 0.25) is 0 Å². The van der Waals surface area contributed by atoms with Gasteiger partial charge in [-0.3, -0.25) is 0 Å². The largest absolute Gasteiger partial charge is 0.362 e. The van der Waals surface area contributed by atoms with Crippen molar-refractivity contribution in [2.75, 3.05) is 17.2 Å². The fourth-order valence-electron chi connectivity index (χ4n) is 2.02. The highest BCUT2D eigenvalue weighted by molar-refractivity contribution is 5.89. The van der Waals surface area contributed by atoms with E-state index in [-0.39, 0.29) is 0 Å². The molecule has 2 N–H and O–H groups in total. The molecule has 0 atom stereocenters. The fourth-order valence-corrected chi connectivity index (χ4v) is 2.02. The van der Waals surface area contributed by atoms with E-state index in [0.29, 0.717) is 24.2 Å². The quantitative estimate of drug-likeness (QED) is 0.743. The van der Waals surface area contributed by atoms with Gasteiger partial charge in [0.2, 0.25) is 11.8 Å². The number of hydrogen-bond acceptors (Lipinski definition) is 7. The van der Waals surface area contributed by atoms with Crippen LogP contribution in [0.1, 0.15) is 18.6 Å². The Morgan fingerprint density at radius 3 is 2.71 bits per heavy atom. The molecule has 0 amide bonds. The number of anilines is 2. The summed E-state index contributed by atoms with van der Waals surface area (Å²) in [5, 5.41) is 11.2. The number of nitrogens with zero attached hydrogens (tertiary/aromatic N) is 4. The van der Waals surface area contributed by atoms with Crippen molar-refractivity contribution >= 4 is 22.7 Å². The first-order chi connectivity index (χ1) is 10.3. The minimum absolute atomic E-state index is 0.448. The van der Waals surface area contributed by atoms with E-state index >= 15 is 0 Å². The monoisotopic (exact) mass is 284 g/mol. The van der Waals surface area contributed by atoms with Crippen molar-refractivity contribution in [2.45, 2.75) is 20.4 Å². The molecule has 0 unspecified atom stereocenters. The number of nitrogens with one attached hydrogen (secondary N) is 2. The van der Waals surface area contributed by atoms with Gasteiger partial charge in [0.25, 0.3) is 0 Å². The van der Waals surface area contributed by atoms with E-state index in [2.05, 4.69) is 30.7 Å². The molecule has 0 aliphatic rings. The van der Waals surface area contributed by atoms with Gasteiger partial charge < -0.3 is 15.2 Å². The highest BCUT2D eigenvalue weighted by atomic mass is 16.5. The zero-order valence-corrected chi connectivity index (χ0v) is 11.9. The van der Waals surface area contributed by atoms with Crippen LogP contribution in [0.25, 0.3) is 10.9 Å². The highest BCUT2D eigenvalue weighted by Gasteiger charge is 2.08. The lowest BCUT2D eigenvalue weighted by Crippen LogP contribution is -2.08. The zero-order chi connectivity index (χ0) is 14.7. The minimum atomic E-state index is 0.448. The van der Waals surface area contributed by atoms with Gasteiger partial charge in [-0.1, -0.05) is 17.3 Å². The molecule has 0 spiro atoms. The molecule has 2 aromatic heterocycles. The third-order valence-electron chi connectivity index (χ3n) is 2.92. The fraction of sp³-hybridized carbons (Fsp3) is 0.286. The predicted molar refractivity (Wildman–Crippen MR) is 80.1 cm³/mol. The lowest BCUT2D eigenvalue weighted by Gasteiger charge is -2.09. The summed E-state index contributed by atoms with van der Waals surface area (Å²) >= 11 is 0. The maximum absolute atomic E-state index is 4.96. The molecule has 21 heavy (non-hydrogen) atoms. The van der Waals surface area contributed by atoms with E-state index in [4.69, 9.17) is 4.52 Å². The summed E-state index contributed by atoms with van der Waals surface area (Å²) in [7, 11) is 0. The summed E-state index contributed by atoms with van der Waals surface area (Å²) in [6, 6.07) is 7.86. The van der Waals surface area contributed by atoms with Crippen LogP contribution in [0.3, 0.4) is 0 Å². The highest BCUT2D eigenvalue weighted by Crippen LogP contribution is 2.22. The second kappa shape index (κ2) is 5.74. The molecule has 0 aliphatic heterocycles. The van der Waals surface area contributed by atoms with Crippen molar-refractivity contribution < 1.29 is 4.52 Å². The average molecular weight is 284 g/mol.